The highest BCUT2D eigenvalue weighted by molar-refractivity contribution is 6.00. The molecule has 0 unspecified atom stereocenters. The summed E-state index contributed by atoms with van der Waals surface area (Å²) in [6, 6.07) is 3.48. The average molecular weight is 272 g/mol. The summed E-state index contributed by atoms with van der Waals surface area (Å²) in [6.07, 6.45) is 0. The maximum Gasteiger partial charge on any atom is 0.0790 e. The molecular weight excluding hydrogens is 252 g/mol. The van der Waals surface area contributed by atoms with Crippen LogP contribution in [0.1, 0.15) is 11.1 Å². The first kappa shape index (κ1) is 13.7. The van der Waals surface area contributed by atoms with Gasteiger partial charge in [0, 0.05) is 11.1 Å². The Morgan fingerprint density at radius 3 is 1.80 bits per heavy atom. The first-order chi connectivity index (χ1) is 9.27. The topological polar surface area (TPSA) is 156 Å². The van der Waals surface area contributed by atoms with Gasteiger partial charge in [-0.2, -0.15) is 0 Å². The van der Waals surface area contributed by atoms with Gasteiger partial charge in [0.15, 0.2) is 0 Å². The molecule has 2 rings (SSSR count). The van der Waals surface area contributed by atoms with Crippen LogP contribution in [0.25, 0.3) is 11.1 Å². The van der Waals surface area contributed by atoms with Crippen LogP contribution in [0.15, 0.2) is 12.1 Å². The minimum Gasteiger partial charge on any atom is -0.397 e. The molecule has 0 aliphatic heterocycles. The molecule has 0 radical (unpaired) electrons. The van der Waals surface area contributed by atoms with Crippen LogP contribution < -0.4 is 34.4 Å². The number of benzene rings is 2. The maximum atomic E-state index is 6.11. The molecule has 0 aliphatic carbocycles. The molecule has 0 amide bonds. The van der Waals surface area contributed by atoms with Crippen LogP contribution in [0.3, 0.4) is 0 Å². The zero-order chi connectivity index (χ0) is 15.2. The fourth-order valence-electron chi connectivity index (χ4n) is 2.29. The monoisotopic (exact) mass is 272 g/mol. The van der Waals surface area contributed by atoms with E-state index in [1.54, 1.807) is 12.1 Å². The minimum atomic E-state index is 0.342. The number of hydrogen-bond donors (Lipinski definition) is 6. The summed E-state index contributed by atoms with van der Waals surface area (Å²) in [5.74, 6) is 0. The highest BCUT2D eigenvalue weighted by Gasteiger charge is 2.18. The van der Waals surface area contributed by atoms with Crippen LogP contribution in [0.2, 0.25) is 0 Å². The lowest BCUT2D eigenvalue weighted by Gasteiger charge is -2.20. The van der Waals surface area contributed by atoms with Gasteiger partial charge in [0.1, 0.15) is 0 Å². The molecule has 12 N–H and O–H groups in total. The predicted molar refractivity (Wildman–Crippen MR) is 87.8 cm³/mol. The highest BCUT2D eigenvalue weighted by atomic mass is 14.8. The van der Waals surface area contributed by atoms with E-state index in [-0.39, 0.29) is 0 Å². The van der Waals surface area contributed by atoms with Crippen LogP contribution >= 0.6 is 0 Å². The van der Waals surface area contributed by atoms with Crippen LogP contribution in [-0.2, 0) is 0 Å². The molecule has 0 bridgehead atoms. The quantitative estimate of drug-likeness (QED) is 0.431. The van der Waals surface area contributed by atoms with Crippen molar-refractivity contribution >= 4 is 34.1 Å². The molecule has 6 nitrogen and oxygen atoms in total. The van der Waals surface area contributed by atoms with Crippen molar-refractivity contribution in [3.8, 4) is 11.1 Å². The van der Waals surface area contributed by atoms with Gasteiger partial charge in [-0.1, -0.05) is 6.07 Å². The van der Waals surface area contributed by atoms with Gasteiger partial charge in [0.25, 0.3) is 0 Å². The molecular formula is C14H20N6. The van der Waals surface area contributed by atoms with E-state index < -0.39 is 0 Å². The Morgan fingerprint density at radius 2 is 1.20 bits per heavy atom. The molecule has 0 fully saturated rings. The molecule has 0 atom stereocenters. The second kappa shape index (κ2) is 4.41. The van der Waals surface area contributed by atoms with E-state index in [0.717, 1.165) is 16.7 Å². The van der Waals surface area contributed by atoms with Crippen molar-refractivity contribution in [1.29, 1.82) is 0 Å². The smallest absolute Gasteiger partial charge is 0.0790 e. The summed E-state index contributed by atoms with van der Waals surface area (Å²) in [6.45, 7) is 3.81. The molecule has 0 aromatic heterocycles. The van der Waals surface area contributed by atoms with Gasteiger partial charge in [-0.25, -0.2) is 0 Å². The van der Waals surface area contributed by atoms with E-state index in [1.165, 1.54) is 0 Å². The molecule has 2 aromatic carbocycles. The minimum absolute atomic E-state index is 0.342. The normalized spacial score (nSPS) is 10.7. The number of hydrogen-bond acceptors (Lipinski definition) is 6. The van der Waals surface area contributed by atoms with E-state index in [0.29, 0.717) is 39.7 Å². The van der Waals surface area contributed by atoms with Gasteiger partial charge < -0.3 is 34.4 Å². The standard InChI is InChI=1S/C14H20N6/c1-5-6(2)10(16)14(20)13(19)9(5)7-3-4-8(15)12(18)11(7)17/h3-4H,15-20H2,1-2H3. The summed E-state index contributed by atoms with van der Waals surface area (Å²) in [7, 11) is 0. The Bertz CT molecular complexity index is 677. The van der Waals surface area contributed by atoms with Crippen LogP contribution in [0.4, 0.5) is 34.1 Å². The van der Waals surface area contributed by atoms with E-state index in [9.17, 15) is 0 Å². The van der Waals surface area contributed by atoms with Gasteiger partial charge >= 0.3 is 0 Å². The van der Waals surface area contributed by atoms with Gasteiger partial charge in [0.05, 0.1) is 34.1 Å². The molecule has 0 aliphatic rings. The molecule has 20 heavy (non-hydrogen) atoms. The summed E-state index contributed by atoms with van der Waals surface area (Å²) in [5.41, 5.74) is 41.4. The second-order valence-corrected chi connectivity index (χ2v) is 4.90. The highest BCUT2D eigenvalue weighted by Crippen LogP contribution is 2.44. The Labute approximate surface area is 117 Å². The number of anilines is 6. The molecule has 106 valence electrons. The molecule has 0 saturated carbocycles. The number of nitrogens with two attached hydrogens (primary N) is 6. The van der Waals surface area contributed by atoms with Gasteiger partial charge in [-0.3, -0.25) is 0 Å². The van der Waals surface area contributed by atoms with Gasteiger partial charge in [-0.15, -0.1) is 0 Å². The number of rotatable bonds is 1. The summed E-state index contributed by atoms with van der Waals surface area (Å²) in [4.78, 5) is 0. The van der Waals surface area contributed by atoms with Crippen LogP contribution in [-0.4, -0.2) is 0 Å². The largest absolute Gasteiger partial charge is 0.397 e. The Kier molecular flexibility index (Phi) is 3.01. The van der Waals surface area contributed by atoms with Crippen molar-refractivity contribution in [3.63, 3.8) is 0 Å². The Morgan fingerprint density at radius 1 is 0.600 bits per heavy atom. The zero-order valence-corrected chi connectivity index (χ0v) is 11.6. The fourth-order valence-corrected chi connectivity index (χ4v) is 2.29. The van der Waals surface area contributed by atoms with Gasteiger partial charge in [-0.05, 0) is 31.0 Å². The van der Waals surface area contributed by atoms with Crippen molar-refractivity contribution in [3.05, 3.63) is 23.3 Å². The molecule has 0 saturated heterocycles. The van der Waals surface area contributed by atoms with Gasteiger partial charge in [0.2, 0.25) is 0 Å². The third-order valence-electron chi connectivity index (χ3n) is 3.78. The summed E-state index contributed by atoms with van der Waals surface area (Å²) >= 11 is 0. The lowest BCUT2D eigenvalue weighted by atomic mass is 9.91. The van der Waals surface area contributed by atoms with E-state index in [1.807, 2.05) is 13.8 Å². The van der Waals surface area contributed by atoms with Crippen molar-refractivity contribution in [1.82, 2.24) is 0 Å². The lowest BCUT2D eigenvalue weighted by Crippen LogP contribution is -2.08. The van der Waals surface area contributed by atoms with E-state index in [4.69, 9.17) is 34.4 Å². The van der Waals surface area contributed by atoms with E-state index >= 15 is 0 Å². The Balaban J connectivity index is 2.87. The first-order valence-corrected chi connectivity index (χ1v) is 6.14. The van der Waals surface area contributed by atoms with Crippen molar-refractivity contribution in [2.75, 3.05) is 34.4 Å². The third kappa shape index (κ3) is 1.73. The molecule has 0 heterocycles. The number of nitrogen functional groups attached to an aromatic ring is 6. The second-order valence-electron chi connectivity index (χ2n) is 4.90. The lowest BCUT2D eigenvalue weighted by molar-refractivity contribution is 1.35. The van der Waals surface area contributed by atoms with Crippen LogP contribution in [0.5, 0.6) is 0 Å². The third-order valence-corrected chi connectivity index (χ3v) is 3.78. The van der Waals surface area contributed by atoms with Crippen molar-refractivity contribution < 1.29 is 0 Å². The Hall–Kier alpha value is -2.76. The van der Waals surface area contributed by atoms with Crippen molar-refractivity contribution in [2.45, 2.75) is 13.8 Å². The molecule has 0 spiro atoms. The molecule has 2 aromatic rings. The van der Waals surface area contributed by atoms with Crippen LogP contribution in [0, 0.1) is 13.8 Å². The zero-order valence-electron chi connectivity index (χ0n) is 11.6. The average Bonchev–Trinajstić information content (AvgIpc) is 2.43. The summed E-state index contributed by atoms with van der Waals surface area (Å²) in [5, 5.41) is 0. The predicted octanol–water partition coefficient (Wildman–Crippen LogP) is 1.46. The molecule has 6 heteroatoms. The SMILES string of the molecule is Cc1c(C)c(-c2ccc(N)c(N)c2N)c(N)c(N)c1N. The van der Waals surface area contributed by atoms with Crippen molar-refractivity contribution in [2.24, 2.45) is 0 Å². The van der Waals surface area contributed by atoms with E-state index in [2.05, 4.69) is 0 Å². The summed E-state index contributed by atoms with van der Waals surface area (Å²) < 4.78 is 0. The fraction of sp³-hybridized carbons (Fsp3) is 0.143. The first-order valence-electron chi connectivity index (χ1n) is 6.14. The maximum absolute atomic E-state index is 6.11.